The standard InChI is InChI=1S/C13H25N3O3/c1-5-11(12(17)18)15(4)13(19)16-8-6-7-10(16)9-14(2)3/h10-11H,5-9H2,1-4H3,(H,17,18). The molecule has 0 radical (unpaired) electrons. The van der Waals surface area contributed by atoms with Crippen molar-refractivity contribution in [1.82, 2.24) is 14.7 Å². The number of amides is 2. The molecule has 2 amide bonds. The Balaban J connectivity index is 2.72. The highest BCUT2D eigenvalue weighted by atomic mass is 16.4. The number of aliphatic carboxylic acids is 1. The summed E-state index contributed by atoms with van der Waals surface area (Å²) in [6.45, 7) is 3.32. The molecule has 110 valence electrons. The second-order valence-electron chi connectivity index (χ2n) is 5.41. The van der Waals surface area contributed by atoms with Crippen molar-refractivity contribution in [3.63, 3.8) is 0 Å². The molecule has 0 bridgehead atoms. The summed E-state index contributed by atoms with van der Waals surface area (Å²) >= 11 is 0. The maximum atomic E-state index is 12.4. The molecule has 2 unspecified atom stereocenters. The van der Waals surface area contributed by atoms with Gasteiger partial charge in [0.25, 0.3) is 0 Å². The van der Waals surface area contributed by atoms with Gasteiger partial charge in [-0.05, 0) is 33.4 Å². The lowest BCUT2D eigenvalue weighted by atomic mass is 10.2. The van der Waals surface area contributed by atoms with Crippen LogP contribution in [0.2, 0.25) is 0 Å². The van der Waals surface area contributed by atoms with Crippen LogP contribution in [0.3, 0.4) is 0 Å². The summed E-state index contributed by atoms with van der Waals surface area (Å²) in [5, 5.41) is 9.13. The van der Waals surface area contributed by atoms with E-state index >= 15 is 0 Å². The molecule has 1 N–H and O–H groups in total. The number of carbonyl (C=O) groups excluding carboxylic acids is 1. The van der Waals surface area contributed by atoms with Crippen molar-refractivity contribution < 1.29 is 14.7 Å². The van der Waals surface area contributed by atoms with E-state index in [1.54, 1.807) is 14.0 Å². The van der Waals surface area contributed by atoms with Crippen molar-refractivity contribution in [3.8, 4) is 0 Å². The van der Waals surface area contributed by atoms with Gasteiger partial charge in [-0.1, -0.05) is 6.92 Å². The Morgan fingerprint density at radius 2 is 2.00 bits per heavy atom. The molecule has 0 aromatic heterocycles. The molecule has 1 aliphatic heterocycles. The third kappa shape index (κ3) is 3.83. The van der Waals surface area contributed by atoms with Gasteiger partial charge in [0.15, 0.2) is 0 Å². The maximum Gasteiger partial charge on any atom is 0.326 e. The van der Waals surface area contributed by atoms with E-state index in [0.717, 1.165) is 25.9 Å². The number of nitrogens with zero attached hydrogens (tertiary/aromatic N) is 3. The van der Waals surface area contributed by atoms with Crippen molar-refractivity contribution in [2.24, 2.45) is 0 Å². The number of rotatable bonds is 5. The van der Waals surface area contributed by atoms with E-state index < -0.39 is 12.0 Å². The lowest BCUT2D eigenvalue weighted by Gasteiger charge is -2.33. The molecule has 1 aliphatic rings. The minimum Gasteiger partial charge on any atom is -0.480 e. The molecule has 0 aliphatic carbocycles. The third-order valence-electron chi connectivity index (χ3n) is 3.64. The molecular weight excluding hydrogens is 246 g/mol. The van der Waals surface area contributed by atoms with E-state index in [4.69, 9.17) is 5.11 Å². The third-order valence-corrected chi connectivity index (χ3v) is 3.64. The van der Waals surface area contributed by atoms with Gasteiger partial charge in [0.05, 0.1) is 0 Å². The monoisotopic (exact) mass is 271 g/mol. The number of hydrogen-bond acceptors (Lipinski definition) is 3. The normalized spacial score (nSPS) is 20.7. The highest BCUT2D eigenvalue weighted by molar-refractivity contribution is 5.82. The van der Waals surface area contributed by atoms with E-state index in [0.29, 0.717) is 6.42 Å². The van der Waals surface area contributed by atoms with Gasteiger partial charge in [0.2, 0.25) is 0 Å². The fourth-order valence-electron chi connectivity index (χ4n) is 2.65. The summed E-state index contributed by atoms with van der Waals surface area (Å²) in [6.07, 6.45) is 2.40. The van der Waals surface area contributed by atoms with Crippen LogP contribution in [0, 0.1) is 0 Å². The Bertz CT molecular complexity index is 333. The van der Waals surface area contributed by atoms with Crippen molar-refractivity contribution in [3.05, 3.63) is 0 Å². The number of likely N-dealkylation sites (tertiary alicyclic amines) is 1. The number of carboxylic acids is 1. The highest BCUT2D eigenvalue weighted by Gasteiger charge is 2.34. The lowest BCUT2D eigenvalue weighted by Crippen LogP contribution is -2.51. The molecular formula is C13H25N3O3. The number of hydrogen-bond donors (Lipinski definition) is 1. The molecule has 1 heterocycles. The van der Waals surface area contributed by atoms with Crippen molar-refractivity contribution >= 4 is 12.0 Å². The molecule has 6 nitrogen and oxygen atoms in total. The zero-order valence-electron chi connectivity index (χ0n) is 12.3. The molecule has 1 rings (SSSR count). The first-order valence-corrected chi connectivity index (χ1v) is 6.79. The quantitative estimate of drug-likeness (QED) is 0.808. The molecule has 0 saturated carbocycles. The van der Waals surface area contributed by atoms with Crippen molar-refractivity contribution in [1.29, 1.82) is 0 Å². The van der Waals surface area contributed by atoms with E-state index in [-0.39, 0.29) is 12.1 Å². The second kappa shape index (κ2) is 6.75. The number of urea groups is 1. The molecule has 0 aromatic rings. The average Bonchev–Trinajstić information content (AvgIpc) is 2.75. The van der Waals surface area contributed by atoms with Crippen LogP contribution in [0.15, 0.2) is 0 Å². The maximum absolute atomic E-state index is 12.4. The topological polar surface area (TPSA) is 64.1 Å². The first-order valence-electron chi connectivity index (χ1n) is 6.79. The number of carbonyl (C=O) groups is 2. The Morgan fingerprint density at radius 1 is 1.37 bits per heavy atom. The van der Waals surface area contributed by atoms with Crippen LogP contribution < -0.4 is 0 Å². The molecule has 1 fully saturated rings. The zero-order chi connectivity index (χ0) is 14.6. The molecule has 19 heavy (non-hydrogen) atoms. The van der Waals surface area contributed by atoms with Gasteiger partial charge in [-0.15, -0.1) is 0 Å². The van der Waals surface area contributed by atoms with Gasteiger partial charge >= 0.3 is 12.0 Å². The Labute approximate surface area is 115 Å². The van der Waals surface area contributed by atoms with Gasteiger partial charge in [-0.2, -0.15) is 0 Å². The number of likely N-dealkylation sites (N-methyl/N-ethyl adjacent to an activating group) is 2. The van der Waals surface area contributed by atoms with Crippen LogP contribution in [-0.4, -0.2) is 78.1 Å². The summed E-state index contributed by atoms with van der Waals surface area (Å²) in [5.41, 5.74) is 0. The first kappa shape index (κ1) is 15.8. The van der Waals surface area contributed by atoms with E-state index in [2.05, 4.69) is 4.90 Å². The van der Waals surface area contributed by atoms with Crippen LogP contribution in [0.25, 0.3) is 0 Å². The molecule has 0 aromatic carbocycles. The summed E-state index contributed by atoms with van der Waals surface area (Å²) in [7, 11) is 5.54. The van der Waals surface area contributed by atoms with Gasteiger partial charge in [0.1, 0.15) is 6.04 Å². The summed E-state index contributed by atoms with van der Waals surface area (Å²) in [5.74, 6) is -0.943. The summed E-state index contributed by atoms with van der Waals surface area (Å²) in [6, 6.07) is -0.719. The largest absolute Gasteiger partial charge is 0.480 e. The molecule has 6 heteroatoms. The van der Waals surface area contributed by atoms with Crippen LogP contribution in [0.5, 0.6) is 0 Å². The molecule has 0 spiro atoms. The van der Waals surface area contributed by atoms with E-state index in [1.165, 1.54) is 4.90 Å². The summed E-state index contributed by atoms with van der Waals surface area (Å²) < 4.78 is 0. The van der Waals surface area contributed by atoms with Gasteiger partial charge in [-0.25, -0.2) is 9.59 Å². The Hall–Kier alpha value is -1.30. The smallest absolute Gasteiger partial charge is 0.326 e. The van der Waals surface area contributed by atoms with Crippen molar-refractivity contribution in [2.75, 3.05) is 34.2 Å². The van der Waals surface area contributed by atoms with Crippen LogP contribution in [-0.2, 0) is 4.79 Å². The minimum atomic E-state index is -0.943. The van der Waals surface area contributed by atoms with Gasteiger partial charge in [-0.3, -0.25) is 0 Å². The van der Waals surface area contributed by atoms with Crippen LogP contribution >= 0.6 is 0 Å². The predicted molar refractivity (Wildman–Crippen MR) is 73.2 cm³/mol. The fraction of sp³-hybridized carbons (Fsp3) is 0.846. The zero-order valence-corrected chi connectivity index (χ0v) is 12.3. The molecule has 2 atom stereocenters. The lowest BCUT2D eigenvalue weighted by molar-refractivity contribution is -0.142. The Morgan fingerprint density at radius 3 is 2.47 bits per heavy atom. The Kier molecular flexibility index (Phi) is 5.60. The van der Waals surface area contributed by atoms with Crippen LogP contribution in [0.4, 0.5) is 4.79 Å². The predicted octanol–water partition coefficient (Wildman–Crippen LogP) is 0.927. The van der Waals surface area contributed by atoms with Crippen LogP contribution in [0.1, 0.15) is 26.2 Å². The summed E-state index contributed by atoms with van der Waals surface area (Å²) in [4.78, 5) is 28.8. The highest BCUT2D eigenvalue weighted by Crippen LogP contribution is 2.20. The van der Waals surface area contributed by atoms with E-state index in [1.807, 2.05) is 19.0 Å². The van der Waals surface area contributed by atoms with Crippen molar-refractivity contribution in [2.45, 2.75) is 38.3 Å². The van der Waals surface area contributed by atoms with Gasteiger partial charge in [0, 0.05) is 26.2 Å². The second-order valence-corrected chi connectivity index (χ2v) is 5.41. The SMILES string of the molecule is CCC(C(=O)O)N(C)C(=O)N1CCCC1CN(C)C. The van der Waals surface area contributed by atoms with Gasteiger partial charge < -0.3 is 19.8 Å². The fourth-order valence-corrected chi connectivity index (χ4v) is 2.65. The molecule has 1 saturated heterocycles. The first-order chi connectivity index (χ1) is 8.88. The van der Waals surface area contributed by atoms with E-state index in [9.17, 15) is 9.59 Å². The number of carboxylic acid groups (broad SMARTS) is 1. The minimum absolute atomic E-state index is 0.168. The average molecular weight is 271 g/mol.